The molecule has 1 saturated heterocycles. The number of hydrogen-bond acceptors (Lipinski definition) is 3. The van der Waals surface area contributed by atoms with E-state index in [-0.39, 0.29) is 11.4 Å². The van der Waals surface area contributed by atoms with Crippen LogP contribution in [0.1, 0.15) is 23.2 Å². The van der Waals surface area contributed by atoms with Crippen LogP contribution in [0.25, 0.3) is 0 Å². The van der Waals surface area contributed by atoms with E-state index in [4.69, 9.17) is 16.9 Å². The van der Waals surface area contributed by atoms with Crippen LogP contribution in [0.15, 0.2) is 35.5 Å². The lowest BCUT2D eigenvalue weighted by Crippen LogP contribution is -2.12. The Morgan fingerprint density at radius 1 is 1.47 bits per heavy atom. The normalized spacial score (nSPS) is 17.2. The zero-order valence-corrected chi connectivity index (χ0v) is 9.92. The lowest BCUT2D eigenvalue weighted by molar-refractivity contribution is 0.103. The summed E-state index contributed by atoms with van der Waals surface area (Å²) in [6, 6.07) is 8.64. The summed E-state index contributed by atoms with van der Waals surface area (Å²) < 4.78 is 0. The number of nitrogens with one attached hydrogen (secondary N) is 1. The van der Waals surface area contributed by atoms with Gasteiger partial charge in [0.1, 0.15) is 11.6 Å². The molecule has 1 fully saturated rings. The molecule has 86 valence electrons. The molecule has 1 aliphatic heterocycles. The van der Waals surface area contributed by atoms with Crippen LogP contribution in [0.5, 0.6) is 0 Å². The molecule has 1 aromatic rings. The Morgan fingerprint density at radius 2 is 2.29 bits per heavy atom. The van der Waals surface area contributed by atoms with Crippen molar-refractivity contribution in [3.63, 3.8) is 0 Å². The van der Waals surface area contributed by atoms with Crippen molar-refractivity contribution in [2.24, 2.45) is 0 Å². The average Bonchev–Trinajstić information content (AvgIpc) is 2.83. The third-order valence-electron chi connectivity index (χ3n) is 2.67. The summed E-state index contributed by atoms with van der Waals surface area (Å²) in [6.45, 7) is 0.823. The lowest BCUT2D eigenvalue weighted by Gasteiger charge is -2.04. The van der Waals surface area contributed by atoms with Crippen LogP contribution in [0.4, 0.5) is 0 Å². The van der Waals surface area contributed by atoms with E-state index < -0.39 is 0 Å². The molecule has 17 heavy (non-hydrogen) atoms. The van der Waals surface area contributed by atoms with Gasteiger partial charge < -0.3 is 5.32 Å². The summed E-state index contributed by atoms with van der Waals surface area (Å²) in [5.41, 5.74) is 1.40. The van der Waals surface area contributed by atoms with Gasteiger partial charge in [-0.1, -0.05) is 23.7 Å². The Morgan fingerprint density at radius 3 is 2.88 bits per heavy atom. The first-order chi connectivity index (χ1) is 8.22. The molecular weight excluding hydrogens is 236 g/mol. The van der Waals surface area contributed by atoms with Crippen molar-refractivity contribution >= 4 is 17.4 Å². The van der Waals surface area contributed by atoms with Gasteiger partial charge in [-0.2, -0.15) is 5.26 Å². The molecule has 1 aliphatic rings. The van der Waals surface area contributed by atoms with Crippen LogP contribution in [0.2, 0.25) is 5.02 Å². The van der Waals surface area contributed by atoms with Crippen LogP contribution in [-0.4, -0.2) is 12.3 Å². The molecule has 0 radical (unpaired) electrons. The molecule has 2 rings (SSSR count). The summed E-state index contributed by atoms with van der Waals surface area (Å²) in [5.74, 6) is -0.264. The smallest absolute Gasteiger partial charge is 0.205 e. The van der Waals surface area contributed by atoms with E-state index in [1.54, 1.807) is 24.3 Å². The molecule has 1 heterocycles. The molecule has 0 saturated carbocycles. The fourth-order valence-electron chi connectivity index (χ4n) is 1.84. The molecule has 1 aromatic carbocycles. The highest BCUT2D eigenvalue weighted by atomic mass is 35.5. The van der Waals surface area contributed by atoms with E-state index in [0.29, 0.717) is 10.6 Å². The first-order valence-corrected chi connectivity index (χ1v) is 5.77. The van der Waals surface area contributed by atoms with E-state index in [1.807, 2.05) is 6.07 Å². The molecule has 0 atom stereocenters. The van der Waals surface area contributed by atoms with Crippen molar-refractivity contribution in [1.82, 2.24) is 5.32 Å². The second kappa shape index (κ2) is 5.03. The number of carbonyl (C=O) groups is 1. The van der Waals surface area contributed by atoms with Gasteiger partial charge >= 0.3 is 0 Å². The van der Waals surface area contributed by atoms with E-state index in [2.05, 4.69) is 5.32 Å². The molecular formula is C13H11ClN2O. The molecule has 0 spiro atoms. The van der Waals surface area contributed by atoms with Crippen LogP contribution in [0, 0.1) is 11.3 Å². The molecule has 0 bridgehead atoms. The van der Waals surface area contributed by atoms with E-state index in [0.717, 1.165) is 25.1 Å². The van der Waals surface area contributed by atoms with Crippen molar-refractivity contribution in [3.05, 3.63) is 46.1 Å². The minimum Gasteiger partial charge on any atom is -0.387 e. The number of nitrogens with zero attached hydrogens (tertiary/aromatic N) is 1. The minimum atomic E-state index is -0.264. The van der Waals surface area contributed by atoms with E-state index in [9.17, 15) is 4.79 Å². The lowest BCUT2D eigenvalue weighted by atomic mass is 10.0. The fourth-order valence-corrected chi connectivity index (χ4v) is 2.03. The largest absolute Gasteiger partial charge is 0.387 e. The number of hydrogen-bond donors (Lipinski definition) is 1. The van der Waals surface area contributed by atoms with Gasteiger partial charge in [-0.25, -0.2) is 0 Å². The number of nitriles is 1. The monoisotopic (exact) mass is 246 g/mol. The maximum absolute atomic E-state index is 12.1. The summed E-state index contributed by atoms with van der Waals surface area (Å²) in [6.07, 6.45) is 1.72. The molecule has 0 unspecified atom stereocenters. The number of Topliss-reactive ketones (excluding diaryl/α,β-unsaturated/α-hetero) is 1. The van der Waals surface area contributed by atoms with Gasteiger partial charge in [-0.15, -0.1) is 0 Å². The SMILES string of the molecule is N#C/C(C(=O)c1cccc(Cl)c1)=C1\CCCN1. The van der Waals surface area contributed by atoms with Gasteiger partial charge in [0.15, 0.2) is 0 Å². The first kappa shape index (κ1) is 11.7. The molecule has 4 heteroatoms. The van der Waals surface area contributed by atoms with Gasteiger partial charge in [-0.3, -0.25) is 4.79 Å². The zero-order valence-electron chi connectivity index (χ0n) is 9.16. The third-order valence-corrected chi connectivity index (χ3v) is 2.90. The standard InChI is InChI=1S/C13H11ClN2O/c14-10-4-1-3-9(7-10)13(17)11(8-15)12-5-2-6-16-12/h1,3-4,7,16H,2,5-6H2/b12-11-. The third kappa shape index (κ3) is 2.48. The quantitative estimate of drug-likeness (QED) is 0.496. The van der Waals surface area contributed by atoms with Crippen molar-refractivity contribution in [2.75, 3.05) is 6.54 Å². The van der Waals surface area contributed by atoms with Crippen LogP contribution in [-0.2, 0) is 0 Å². The predicted octanol–water partition coefficient (Wildman–Crippen LogP) is 2.68. The maximum atomic E-state index is 12.1. The highest BCUT2D eigenvalue weighted by Gasteiger charge is 2.19. The maximum Gasteiger partial charge on any atom is 0.205 e. The van der Waals surface area contributed by atoms with Crippen molar-refractivity contribution in [1.29, 1.82) is 5.26 Å². The fraction of sp³-hybridized carbons (Fsp3) is 0.231. The van der Waals surface area contributed by atoms with Crippen molar-refractivity contribution < 1.29 is 4.79 Å². The number of halogens is 1. The number of allylic oxidation sites excluding steroid dienone is 2. The molecule has 0 aromatic heterocycles. The summed E-state index contributed by atoms with van der Waals surface area (Å²) >= 11 is 5.83. The number of carbonyl (C=O) groups excluding carboxylic acids is 1. The van der Waals surface area contributed by atoms with Crippen LogP contribution >= 0.6 is 11.6 Å². The number of benzene rings is 1. The molecule has 0 amide bonds. The Balaban J connectivity index is 2.37. The Hall–Kier alpha value is -1.79. The second-order valence-corrected chi connectivity index (χ2v) is 4.27. The van der Waals surface area contributed by atoms with Crippen LogP contribution < -0.4 is 5.32 Å². The number of rotatable bonds is 2. The van der Waals surface area contributed by atoms with Crippen molar-refractivity contribution in [2.45, 2.75) is 12.8 Å². The van der Waals surface area contributed by atoms with E-state index in [1.165, 1.54) is 0 Å². The molecule has 0 aliphatic carbocycles. The minimum absolute atomic E-state index is 0.199. The zero-order chi connectivity index (χ0) is 12.3. The predicted molar refractivity (Wildman–Crippen MR) is 65.7 cm³/mol. The highest BCUT2D eigenvalue weighted by Crippen LogP contribution is 2.19. The Bertz CT molecular complexity index is 520. The topological polar surface area (TPSA) is 52.9 Å². The van der Waals surface area contributed by atoms with Gasteiger partial charge in [0.25, 0.3) is 0 Å². The summed E-state index contributed by atoms with van der Waals surface area (Å²) in [4.78, 5) is 12.1. The van der Waals surface area contributed by atoms with Gasteiger partial charge in [0.2, 0.25) is 5.78 Å². The van der Waals surface area contributed by atoms with Gasteiger partial charge in [0, 0.05) is 22.8 Å². The highest BCUT2D eigenvalue weighted by molar-refractivity contribution is 6.31. The number of ketones is 1. The molecule has 1 N–H and O–H groups in total. The summed E-state index contributed by atoms with van der Waals surface area (Å²) in [5, 5.41) is 12.7. The van der Waals surface area contributed by atoms with Gasteiger partial charge in [0.05, 0.1) is 0 Å². The Labute approximate surface area is 105 Å². The van der Waals surface area contributed by atoms with E-state index >= 15 is 0 Å². The second-order valence-electron chi connectivity index (χ2n) is 3.84. The van der Waals surface area contributed by atoms with Crippen LogP contribution in [0.3, 0.4) is 0 Å². The summed E-state index contributed by atoms with van der Waals surface area (Å²) in [7, 11) is 0. The van der Waals surface area contributed by atoms with Crippen molar-refractivity contribution in [3.8, 4) is 6.07 Å². The first-order valence-electron chi connectivity index (χ1n) is 5.40. The van der Waals surface area contributed by atoms with Gasteiger partial charge in [-0.05, 0) is 25.0 Å². The Kier molecular flexibility index (Phi) is 3.46. The average molecular weight is 247 g/mol. The molecule has 3 nitrogen and oxygen atoms in total.